The zero-order valence-electron chi connectivity index (χ0n) is 11.6. The third-order valence-corrected chi connectivity index (χ3v) is 3.47. The van der Waals surface area contributed by atoms with Gasteiger partial charge in [-0.25, -0.2) is 4.68 Å². The van der Waals surface area contributed by atoms with Gasteiger partial charge < -0.3 is 5.32 Å². The molecule has 0 spiro atoms. The van der Waals surface area contributed by atoms with E-state index in [0.717, 1.165) is 18.4 Å². The van der Waals surface area contributed by atoms with Crippen molar-refractivity contribution in [3.63, 3.8) is 0 Å². The summed E-state index contributed by atoms with van der Waals surface area (Å²) in [5.41, 5.74) is 1.26. The molecule has 2 aromatic heterocycles. The van der Waals surface area contributed by atoms with E-state index in [-0.39, 0.29) is 16.6 Å². The van der Waals surface area contributed by atoms with Gasteiger partial charge in [-0.1, -0.05) is 24.9 Å². The smallest absolute Gasteiger partial charge is 0.287 e. The summed E-state index contributed by atoms with van der Waals surface area (Å²) >= 11 is 6.12. The van der Waals surface area contributed by atoms with Crippen molar-refractivity contribution in [1.29, 1.82) is 0 Å². The van der Waals surface area contributed by atoms with Crippen molar-refractivity contribution in [3.05, 3.63) is 39.5 Å². The van der Waals surface area contributed by atoms with Gasteiger partial charge in [-0.3, -0.25) is 9.89 Å². The van der Waals surface area contributed by atoms with E-state index in [9.17, 15) is 4.79 Å². The Morgan fingerprint density at radius 3 is 2.95 bits per heavy atom. The molecule has 1 atom stereocenters. The Hall–Kier alpha value is -1.82. The first-order valence-corrected chi connectivity index (χ1v) is 7.02. The summed E-state index contributed by atoms with van der Waals surface area (Å²) in [6.45, 7) is 4.62. The fraction of sp³-hybridized carbons (Fsp3) is 0.462. The molecule has 0 amide bonds. The standard InChI is InChI=1S/C13H18ClN5O/c1-3-4-5-19-13(20)12(14)11(8-17-19)18-9(2)10-6-15-16-7-10/h6-9,18H,3-5H2,1-2H3,(H,15,16). The SMILES string of the molecule is CCCCn1ncc(NC(C)c2cn[nH]c2)c(Cl)c1=O. The largest absolute Gasteiger partial charge is 0.376 e. The van der Waals surface area contributed by atoms with Gasteiger partial charge in [-0.05, 0) is 13.3 Å². The number of aromatic amines is 1. The van der Waals surface area contributed by atoms with Gasteiger partial charge in [-0.2, -0.15) is 10.2 Å². The molecule has 6 nitrogen and oxygen atoms in total. The molecule has 2 aromatic rings. The van der Waals surface area contributed by atoms with Crippen molar-refractivity contribution in [1.82, 2.24) is 20.0 Å². The highest BCUT2D eigenvalue weighted by atomic mass is 35.5. The third-order valence-electron chi connectivity index (χ3n) is 3.10. The number of aryl methyl sites for hydroxylation is 1. The lowest BCUT2D eigenvalue weighted by Crippen LogP contribution is -2.24. The van der Waals surface area contributed by atoms with E-state index in [1.54, 1.807) is 18.6 Å². The first-order chi connectivity index (χ1) is 9.63. The van der Waals surface area contributed by atoms with E-state index in [4.69, 9.17) is 11.6 Å². The predicted octanol–water partition coefficient (Wildman–Crippen LogP) is 2.59. The summed E-state index contributed by atoms with van der Waals surface area (Å²) < 4.78 is 1.40. The van der Waals surface area contributed by atoms with Gasteiger partial charge >= 0.3 is 0 Å². The molecule has 0 bridgehead atoms. The lowest BCUT2D eigenvalue weighted by atomic mass is 10.2. The quantitative estimate of drug-likeness (QED) is 0.859. The van der Waals surface area contributed by atoms with Crippen LogP contribution in [0.4, 0.5) is 5.69 Å². The Labute approximate surface area is 122 Å². The molecule has 0 aromatic carbocycles. The van der Waals surface area contributed by atoms with E-state index in [0.29, 0.717) is 12.2 Å². The summed E-state index contributed by atoms with van der Waals surface area (Å²) in [6, 6.07) is -0.0149. The van der Waals surface area contributed by atoms with Crippen molar-refractivity contribution in [2.75, 3.05) is 5.32 Å². The predicted molar refractivity (Wildman–Crippen MR) is 79.0 cm³/mol. The first kappa shape index (κ1) is 14.6. The van der Waals surface area contributed by atoms with Crippen LogP contribution in [0.3, 0.4) is 0 Å². The van der Waals surface area contributed by atoms with Crippen molar-refractivity contribution < 1.29 is 0 Å². The lowest BCUT2D eigenvalue weighted by Gasteiger charge is -2.15. The maximum atomic E-state index is 12.1. The summed E-state index contributed by atoms with van der Waals surface area (Å²) in [6.07, 6.45) is 7.02. The minimum absolute atomic E-state index is 0.0149. The fourth-order valence-electron chi connectivity index (χ4n) is 1.85. The number of anilines is 1. The normalized spacial score (nSPS) is 12.3. The van der Waals surface area contributed by atoms with Crippen molar-refractivity contribution in [2.45, 2.75) is 39.3 Å². The molecule has 0 radical (unpaired) electrons. The topological polar surface area (TPSA) is 75.6 Å². The van der Waals surface area contributed by atoms with Gasteiger partial charge in [0.25, 0.3) is 5.56 Å². The van der Waals surface area contributed by atoms with Gasteiger partial charge in [0.15, 0.2) is 0 Å². The number of rotatable bonds is 6. The zero-order chi connectivity index (χ0) is 14.5. The second kappa shape index (κ2) is 6.56. The van der Waals surface area contributed by atoms with Gasteiger partial charge in [0.05, 0.1) is 24.1 Å². The number of hydrogen-bond acceptors (Lipinski definition) is 4. The van der Waals surface area contributed by atoms with Crippen LogP contribution in [-0.4, -0.2) is 20.0 Å². The number of hydrogen-bond donors (Lipinski definition) is 2. The summed E-state index contributed by atoms with van der Waals surface area (Å²) in [5.74, 6) is 0. The number of nitrogens with one attached hydrogen (secondary N) is 2. The number of aromatic nitrogens is 4. The van der Waals surface area contributed by atoms with Crippen molar-refractivity contribution in [2.24, 2.45) is 0 Å². The minimum Gasteiger partial charge on any atom is -0.376 e. The highest BCUT2D eigenvalue weighted by Gasteiger charge is 2.12. The molecular formula is C13H18ClN5O. The molecule has 2 rings (SSSR count). The minimum atomic E-state index is -0.260. The van der Waals surface area contributed by atoms with Gasteiger partial charge in [-0.15, -0.1) is 0 Å². The molecule has 2 N–H and O–H groups in total. The average Bonchev–Trinajstić information content (AvgIpc) is 2.97. The van der Waals surface area contributed by atoms with Crippen LogP contribution in [0.5, 0.6) is 0 Å². The zero-order valence-corrected chi connectivity index (χ0v) is 12.3. The van der Waals surface area contributed by atoms with Crippen LogP contribution in [0.1, 0.15) is 38.3 Å². The fourth-order valence-corrected chi connectivity index (χ4v) is 2.05. The Morgan fingerprint density at radius 1 is 1.50 bits per heavy atom. The molecular weight excluding hydrogens is 278 g/mol. The van der Waals surface area contributed by atoms with E-state index < -0.39 is 0 Å². The molecule has 0 aliphatic carbocycles. The van der Waals surface area contributed by atoms with Crippen LogP contribution in [0.25, 0.3) is 0 Å². The molecule has 0 saturated carbocycles. The van der Waals surface area contributed by atoms with E-state index in [1.165, 1.54) is 4.68 Å². The average molecular weight is 296 g/mol. The van der Waals surface area contributed by atoms with E-state index in [1.807, 2.05) is 6.92 Å². The van der Waals surface area contributed by atoms with Gasteiger partial charge in [0, 0.05) is 18.3 Å². The second-order valence-corrected chi connectivity index (χ2v) is 5.03. The van der Waals surface area contributed by atoms with Crippen molar-refractivity contribution >= 4 is 17.3 Å². The molecule has 2 heterocycles. The Bertz CT molecular complexity index is 608. The van der Waals surface area contributed by atoms with Crippen LogP contribution in [0.15, 0.2) is 23.4 Å². The van der Waals surface area contributed by atoms with Crippen LogP contribution in [0, 0.1) is 0 Å². The maximum absolute atomic E-state index is 12.1. The first-order valence-electron chi connectivity index (χ1n) is 6.64. The van der Waals surface area contributed by atoms with Crippen LogP contribution >= 0.6 is 11.6 Å². The van der Waals surface area contributed by atoms with Crippen LogP contribution < -0.4 is 10.9 Å². The summed E-state index contributed by atoms with van der Waals surface area (Å²) in [4.78, 5) is 12.1. The number of halogens is 1. The molecule has 1 unspecified atom stereocenters. The van der Waals surface area contributed by atoms with E-state index in [2.05, 4.69) is 27.5 Å². The highest BCUT2D eigenvalue weighted by Crippen LogP contribution is 2.22. The number of unbranched alkanes of at least 4 members (excludes halogenated alkanes) is 1. The van der Waals surface area contributed by atoms with Crippen LogP contribution in [0.2, 0.25) is 5.02 Å². The Kier molecular flexibility index (Phi) is 4.79. The van der Waals surface area contributed by atoms with E-state index >= 15 is 0 Å². The van der Waals surface area contributed by atoms with Gasteiger partial charge in [0.2, 0.25) is 0 Å². The Balaban J connectivity index is 2.17. The molecule has 0 aliphatic rings. The number of nitrogens with zero attached hydrogens (tertiary/aromatic N) is 3. The molecule has 0 saturated heterocycles. The molecule has 0 fully saturated rings. The van der Waals surface area contributed by atoms with Gasteiger partial charge in [0.1, 0.15) is 5.02 Å². The molecule has 0 aliphatic heterocycles. The summed E-state index contributed by atoms with van der Waals surface area (Å²) in [5, 5.41) is 14.1. The van der Waals surface area contributed by atoms with Crippen LogP contribution in [-0.2, 0) is 6.54 Å². The highest BCUT2D eigenvalue weighted by molar-refractivity contribution is 6.32. The molecule has 20 heavy (non-hydrogen) atoms. The van der Waals surface area contributed by atoms with Crippen molar-refractivity contribution in [3.8, 4) is 0 Å². The monoisotopic (exact) mass is 295 g/mol. The Morgan fingerprint density at radius 2 is 2.30 bits per heavy atom. The number of H-pyrrole nitrogens is 1. The summed E-state index contributed by atoms with van der Waals surface area (Å²) in [7, 11) is 0. The maximum Gasteiger partial charge on any atom is 0.287 e. The molecule has 108 valence electrons. The molecule has 7 heteroatoms. The third kappa shape index (κ3) is 3.19. The second-order valence-electron chi connectivity index (χ2n) is 4.65. The lowest BCUT2D eigenvalue weighted by molar-refractivity contribution is 0.543.